The molecule has 4 aliphatic rings. The Labute approximate surface area is 384 Å². The first-order valence-electron chi connectivity index (χ1n) is 21.6. The molecule has 0 bridgehead atoms. The van der Waals surface area contributed by atoms with Crippen molar-refractivity contribution in [3.8, 4) is 0 Å². The molecule has 4 heterocycles. The molecule has 0 radical (unpaired) electrons. The number of halogens is 3. The number of alkyl halides is 3. The number of aliphatic hydroxyl groups is 3. The number of nitrogens with zero attached hydrogens (tertiary/aromatic N) is 4. The fourth-order valence-corrected chi connectivity index (χ4v) is 7.76. The highest BCUT2D eigenvalue weighted by Crippen LogP contribution is 2.39. The maximum Gasteiger partial charge on any atom is 0.393 e. The first kappa shape index (κ1) is 59.4. The third-order valence-corrected chi connectivity index (χ3v) is 11.5. The van der Waals surface area contributed by atoms with Crippen molar-refractivity contribution >= 4 is 48.0 Å². The van der Waals surface area contributed by atoms with Crippen molar-refractivity contribution in [2.75, 3.05) is 26.2 Å². The maximum atomic E-state index is 12.6. The second-order valence-corrected chi connectivity index (χ2v) is 21.9. The minimum atomic E-state index is -4.39. The Kier molecular flexibility index (Phi) is 19.4. The smallest absolute Gasteiger partial charge is 0.393 e. The first-order chi connectivity index (χ1) is 29.4. The van der Waals surface area contributed by atoms with Gasteiger partial charge in [0.05, 0.1) is 30.3 Å². The number of likely N-dealkylation sites (tertiary alicyclic amines) is 4. The second kappa shape index (κ2) is 21.6. The molecule has 0 aromatic heterocycles. The molecule has 0 saturated carbocycles. The van der Waals surface area contributed by atoms with Gasteiger partial charge < -0.3 is 55.0 Å². The highest BCUT2D eigenvalue weighted by Gasteiger charge is 2.52. The molecule has 0 aromatic carbocycles. The minimum Gasteiger partial charge on any atom is -0.480 e. The van der Waals surface area contributed by atoms with Crippen molar-refractivity contribution in [3.05, 3.63) is 0 Å². The van der Waals surface area contributed by atoms with E-state index in [1.807, 2.05) is 0 Å². The molecule has 22 heteroatoms. The van der Waals surface area contributed by atoms with E-state index in [2.05, 4.69) is 4.74 Å². The highest BCUT2D eigenvalue weighted by molar-refractivity contribution is 5.89. The number of aliphatic hydroxyl groups excluding tert-OH is 2. The second-order valence-electron chi connectivity index (χ2n) is 21.9. The van der Waals surface area contributed by atoms with Crippen LogP contribution in [0, 0.1) is 39.4 Å². The summed E-state index contributed by atoms with van der Waals surface area (Å²) in [6.07, 6.45) is -7.34. The third kappa shape index (κ3) is 15.5. The highest BCUT2D eigenvalue weighted by atomic mass is 19.4. The van der Waals surface area contributed by atoms with E-state index < -0.39 is 125 Å². The monoisotopic (exact) mass is 955 g/mol. The van der Waals surface area contributed by atoms with Gasteiger partial charge in [0.1, 0.15) is 18.1 Å². The molecule has 380 valence electrons. The summed E-state index contributed by atoms with van der Waals surface area (Å²) in [6, 6.07) is -2.75. The van der Waals surface area contributed by atoms with Gasteiger partial charge in [0.15, 0.2) is 6.23 Å². The van der Waals surface area contributed by atoms with Crippen molar-refractivity contribution < 1.29 is 86.9 Å². The Bertz CT molecular complexity index is 1690. The largest absolute Gasteiger partial charge is 0.480 e. The summed E-state index contributed by atoms with van der Waals surface area (Å²) in [5, 5.41) is 56.3. The van der Waals surface area contributed by atoms with E-state index in [9.17, 15) is 66.8 Å². The van der Waals surface area contributed by atoms with Gasteiger partial charge in [-0.05, 0) is 6.92 Å². The molecule has 6 N–H and O–H groups in total. The summed E-state index contributed by atoms with van der Waals surface area (Å²) in [6.45, 7) is 25.2. The summed E-state index contributed by atoms with van der Waals surface area (Å²) in [4.78, 5) is 96.4. The van der Waals surface area contributed by atoms with Crippen LogP contribution in [0.1, 0.15) is 117 Å². The standard InChI is InChI=1S/C11H16F3NO3.3C11H19NO4/c1-10(2,3)9(17)15-5-7(11(12,13)14)4-8(15)18-6-16;1-10(2,3)9(15)12-6-11(4,16)5-7(12)8(13)14;2*1-6-7(13)5-12(8(6)9(14)15)10(16)11(2,3)4/h6-8H,4-5H2,1-3H3;7,16H,5-6H2,1-4H3,(H,13,14);2*6-8,13H,5H2,1-4H3,(H,14,15)/t7-,8+;7-,11?;6-,7+,8-;6-,7-,8+/m0001/s1. The number of ether oxygens (including phenoxy) is 1. The van der Waals surface area contributed by atoms with Crippen LogP contribution in [-0.4, -0.2) is 173 Å². The van der Waals surface area contributed by atoms with Crippen molar-refractivity contribution in [2.45, 2.75) is 165 Å². The molecule has 0 aromatic rings. The van der Waals surface area contributed by atoms with Crippen LogP contribution >= 0.6 is 0 Å². The lowest BCUT2D eigenvalue weighted by Gasteiger charge is -2.29. The van der Waals surface area contributed by atoms with Crippen LogP contribution in [0.15, 0.2) is 0 Å². The van der Waals surface area contributed by atoms with Crippen LogP contribution in [-0.2, 0) is 43.1 Å². The van der Waals surface area contributed by atoms with E-state index in [-0.39, 0.29) is 50.2 Å². The van der Waals surface area contributed by atoms with Crippen molar-refractivity contribution in [3.63, 3.8) is 0 Å². The average Bonchev–Trinajstić information content (AvgIpc) is 3.88. The van der Waals surface area contributed by atoms with Gasteiger partial charge >= 0.3 is 24.1 Å². The fraction of sp³-hybridized carbons (Fsp3) is 0.818. The van der Waals surface area contributed by atoms with E-state index >= 15 is 0 Å². The fourth-order valence-electron chi connectivity index (χ4n) is 7.76. The van der Waals surface area contributed by atoms with Crippen LogP contribution in [0.5, 0.6) is 0 Å². The zero-order chi connectivity index (χ0) is 52.2. The summed E-state index contributed by atoms with van der Waals surface area (Å²) >= 11 is 0. The topological polar surface area (TPSA) is 280 Å². The van der Waals surface area contributed by atoms with Gasteiger partial charge in [-0.15, -0.1) is 0 Å². The number of rotatable bonds is 5. The summed E-state index contributed by atoms with van der Waals surface area (Å²) in [5.74, 6) is -6.83. The number of hydrogen-bond donors (Lipinski definition) is 6. The van der Waals surface area contributed by atoms with E-state index in [0.29, 0.717) is 0 Å². The van der Waals surface area contributed by atoms with Crippen molar-refractivity contribution in [1.82, 2.24) is 19.6 Å². The lowest BCUT2D eigenvalue weighted by molar-refractivity contribution is -0.172. The van der Waals surface area contributed by atoms with Gasteiger partial charge in [-0.2, -0.15) is 13.2 Å². The van der Waals surface area contributed by atoms with Crippen molar-refractivity contribution in [2.24, 2.45) is 39.4 Å². The van der Waals surface area contributed by atoms with E-state index in [4.69, 9.17) is 15.3 Å². The van der Waals surface area contributed by atoms with E-state index in [1.165, 1.54) is 14.7 Å². The van der Waals surface area contributed by atoms with Crippen LogP contribution in [0.3, 0.4) is 0 Å². The van der Waals surface area contributed by atoms with Gasteiger partial charge in [0, 0.05) is 66.0 Å². The number of carbonyl (C=O) groups excluding carboxylic acids is 5. The quantitative estimate of drug-likeness (QED) is 0.216. The van der Waals surface area contributed by atoms with E-state index in [0.717, 1.165) is 4.90 Å². The predicted molar refractivity (Wildman–Crippen MR) is 230 cm³/mol. The maximum absolute atomic E-state index is 12.6. The predicted octanol–water partition coefficient (Wildman–Crippen LogP) is 3.06. The van der Waals surface area contributed by atoms with Gasteiger partial charge in [0.2, 0.25) is 23.6 Å². The Morgan fingerprint density at radius 2 is 0.924 bits per heavy atom. The number of β-amino-alcohol motifs (C(OH)–C–C–N with tert-alkyl or cyclic N) is 3. The normalized spacial score (nSPS) is 29.1. The zero-order valence-electron chi connectivity index (χ0n) is 40.8. The van der Waals surface area contributed by atoms with Crippen LogP contribution < -0.4 is 0 Å². The molecule has 10 atom stereocenters. The molecule has 19 nitrogen and oxygen atoms in total. The number of carboxylic acid groups (broad SMARTS) is 3. The molecular weight excluding hydrogens is 881 g/mol. The number of aliphatic carboxylic acids is 3. The van der Waals surface area contributed by atoms with Crippen molar-refractivity contribution in [1.29, 1.82) is 0 Å². The Morgan fingerprint density at radius 3 is 1.21 bits per heavy atom. The van der Waals surface area contributed by atoms with Gasteiger partial charge in [0.25, 0.3) is 6.47 Å². The molecule has 0 aliphatic carbocycles. The lowest BCUT2D eigenvalue weighted by atomic mass is 9.93. The van der Waals surface area contributed by atoms with Gasteiger partial charge in [-0.3, -0.25) is 24.0 Å². The molecule has 0 spiro atoms. The van der Waals surface area contributed by atoms with Crippen LogP contribution in [0.4, 0.5) is 13.2 Å². The minimum absolute atomic E-state index is 0.0758. The number of carbonyl (C=O) groups is 8. The number of hydrogen-bond acceptors (Lipinski definition) is 12. The van der Waals surface area contributed by atoms with Gasteiger partial charge in [-0.25, -0.2) is 14.4 Å². The molecule has 4 aliphatic heterocycles. The Morgan fingerprint density at radius 1 is 0.591 bits per heavy atom. The molecule has 4 fully saturated rings. The number of amides is 4. The molecule has 4 amide bonds. The Balaban J connectivity index is 0.000000441. The Hall–Kier alpha value is -4.57. The lowest BCUT2D eigenvalue weighted by Crippen LogP contribution is -2.47. The molecule has 4 rings (SSSR count). The first-order valence-corrected chi connectivity index (χ1v) is 21.6. The SMILES string of the molecule is CC(C)(C)C(=O)N1C[C@@H](C(F)(F)F)C[C@H]1OC=O.CC1(O)C[C@@H](C(=O)O)N(C(=O)C(C)(C)C)C1.C[C@@H]1[C@H](O)CN(C(=O)C(C)(C)C)[C@@H]1C(=O)O.C[C@H]1[C@H](O)CN(C(=O)C(C)(C)C)[C@@H]1C(=O)O. The average molecular weight is 955 g/mol. The summed E-state index contributed by atoms with van der Waals surface area (Å²) in [5.41, 5.74) is -3.81. The number of carboxylic acids is 3. The van der Waals surface area contributed by atoms with Crippen LogP contribution in [0.25, 0.3) is 0 Å². The van der Waals surface area contributed by atoms with E-state index in [1.54, 1.807) is 104 Å². The van der Waals surface area contributed by atoms with Gasteiger partial charge in [-0.1, -0.05) is 96.9 Å². The summed E-state index contributed by atoms with van der Waals surface area (Å²) < 4.78 is 42.5. The third-order valence-electron chi connectivity index (χ3n) is 11.5. The molecule has 4 saturated heterocycles. The summed E-state index contributed by atoms with van der Waals surface area (Å²) in [7, 11) is 0. The molecule has 1 unspecified atom stereocenters. The zero-order valence-corrected chi connectivity index (χ0v) is 40.8. The molecular formula is C44H73F3N4O15. The molecule has 66 heavy (non-hydrogen) atoms. The van der Waals surface area contributed by atoms with Crippen LogP contribution in [0.2, 0.25) is 0 Å².